The normalized spacial score (nSPS) is 18.3. The van der Waals surface area contributed by atoms with Crippen molar-refractivity contribution in [2.75, 3.05) is 13.1 Å². The predicted octanol–water partition coefficient (Wildman–Crippen LogP) is -0.366. The molecule has 1 aliphatic heterocycles. The van der Waals surface area contributed by atoms with Gasteiger partial charge in [0.15, 0.2) is 11.5 Å². The van der Waals surface area contributed by atoms with E-state index in [2.05, 4.69) is 36.1 Å². The third kappa shape index (κ3) is 3.67. The van der Waals surface area contributed by atoms with Gasteiger partial charge in [-0.1, -0.05) is 5.21 Å². The minimum absolute atomic E-state index is 0.266. The number of aryl methyl sites for hydroxylation is 1. The maximum Gasteiger partial charge on any atom is 0.273 e. The van der Waals surface area contributed by atoms with Crippen LogP contribution >= 0.6 is 0 Å². The zero-order valence-electron chi connectivity index (χ0n) is 12.5. The van der Waals surface area contributed by atoms with E-state index in [1.54, 1.807) is 10.9 Å². The van der Waals surface area contributed by atoms with E-state index in [0.717, 1.165) is 25.5 Å². The second-order valence-corrected chi connectivity index (χ2v) is 5.56. The van der Waals surface area contributed by atoms with Crippen molar-refractivity contribution in [3.8, 4) is 0 Å². The number of hydrogen-bond acceptors (Lipinski definition) is 6. The molecule has 9 heteroatoms. The molecule has 2 aromatic heterocycles. The van der Waals surface area contributed by atoms with Gasteiger partial charge < -0.3 is 10.6 Å². The molecule has 1 unspecified atom stereocenters. The lowest BCUT2D eigenvalue weighted by Crippen LogP contribution is -2.32. The summed E-state index contributed by atoms with van der Waals surface area (Å²) in [5, 5.41) is 20.8. The molecule has 1 atom stereocenters. The number of piperidine rings is 1. The number of hydrogen-bond donors (Lipinski definition) is 3. The highest BCUT2D eigenvalue weighted by atomic mass is 16.2. The number of aromatic amines is 1. The Morgan fingerprint density at radius 1 is 1.55 bits per heavy atom. The van der Waals surface area contributed by atoms with Gasteiger partial charge in [-0.2, -0.15) is 5.10 Å². The van der Waals surface area contributed by atoms with E-state index in [0.29, 0.717) is 17.4 Å². The van der Waals surface area contributed by atoms with Crippen molar-refractivity contribution in [1.29, 1.82) is 0 Å². The standard InChI is InChI=1S/C13H20N8O/c1-9-16-12(19-17-9)6-15-13(22)11-8-21(20-18-11)7-10-3-2-4-14-5-10/h8,10,14H,2-7H2,1H3,(H,15,22)(H,16,17,19). The minimum atomic E-state index is -0.268. The first-order valence-electron chi connectivity index (χ1n) is 7.47. The molecule has 1 amide bonds. The molecule has 9 nitrogen and oxygen atoms in total. The maximum absolute atomic E-state index is 12.0. The molecule has 0 aromatic carbocycles. The highest BCUT2D eigenvalue weighted by Crippen LogP contribution is 2.11. The Bertz CT molecular complexity index is 628. The zero-order valence-corrected chi connectivity index (χ0v) is 12.5. The zero-order chi connectivity index (χ0) is 15.4. The Balaban J connectivity index is 1.52. The van der Waals surface area contributed by atoms with Crippen molar-refractivity contribution in [1.82, 2.24) is 40.8 Å². The number of rotatable bonds is 5. The van der Waals surface area contributed by atoms with Crippen LogP contribution in [-0.4, -0.2) is 49.2 Å². The first-order chi connectivity index (χ1) is 10.7. The molecule has 0 aliphatic carbocycles. The van der Waals surface area contributed by atoms with Gasteiger partial charge in [-0.05, 0) is 38.8 Å². The summed E-state index contributed by atoms with van der Waals surface area (Å²) in [6, 6.07) is 0. The van der Waals surface area contributed by atoms with Crippen molar-refractivity contribution in [2.45, 2.75) is 32.9 Å². The number of carbonyl (C=O) groups is 1. The van der Waals surface area contributed by atoms with Crippen LogP contribution in [0.25, 0.3) is 0 Å². The predicted molar refractivity (Wildman–Crippen MR) is 77.9 cm³/mol. The summed E-state index contributed by atoms with van der Waals surface area (Å²) in [6.07, 6.45) is 4.05. The third-order valence-electron chi connectivity index (χ3n) is 3.67. The molecule has 0 radical (unpaired) electrons. The Morgan fingerprint density at radius 2 is 2.45 bits per heavy atom. The lowest BCUT2D eigenvalue weighted by Gasteiger charge is -2.22. The number of H-pyrrole nitrogens is 1. The molecule has 1 saturated heterocycles. The highest BCUT2D eigenvalue weighted by Gasteiger charge is 2.16. The van der Waals surface area contributed by atoms with E-state index >= 15 is 0 Å². The van der Waals surface area contributed by atoms with Gasteiger partial charge >= 0.3 is 0 Å². The first-order valence-corrected chi connectivity index (χ1v) is 7.47. The van der Waals surface area contributed by atoms with Gasteiger partial charge in [-0.15, -0.1) is 5.10 Å². The molecule has 0 saturated carbocycles. The molecule has 3 rings (SSSR count). The summed E-state index contributed by atoms with van der Waals surface area (Å²) in [4.78, 5) is 16.2. The maximum atomic E-state index is 12.0. The Hall–Kier alpha value is -2.29. The van der Waals surface area contributed by atoms with Crippen LogP contribution in [0.3, 0.4) is 0 Å². The van der Waals surface area contributed by atoms with E-state index in [-0.39, 0.29) is 12.5 Å². The fourth-order valence-corrected chi connectivity index (χ4v) is 2.55. The smallest absolute Gasteiger partial charge is 0.273 e. The van der Waals surface area contributed by atoms with E-state index in [9.17, 15) is 4.79 Å². The van der Waals surface area contributed by atoms with Crippen LogP contribution < -0.4 is 10.6 Å². The molecule has 0 bridgehead atoms. The molecule has 0 spiro atoms. The summed E-state index contributed by atoms with van der Waals surface area (Å²) < 4.78 is 1.74. The van der Waals surface area contributed by atoms with Crippen LogP contribution in [0.1, 0.15) is 35.0 Å². The number of carbonyl (C=O) groups excluding carboxylic acids is 1. The average molecular weight is 304 g/mol. The van der Waals surface area contributed by atoms with Crippen molar-refractivity contribution in [3.63, 3.8) is 0 Å². The minimum Gasteiger partial charge on any atom is -0.343 e. The monoisotopic (exact) mass is 304 g/mol. The van der Waals surface area contributed by atoms with Gasteiger partial charge in [-0.25, -0.2) is 4.98 Å². The topological polar surface area (TPSA) is 113 Å². The second-order valence-electron chi connectivity index (χ2n) is 5.56. The van der Waals surface area contributed by atoms with Gasteiger partial charge in [0, 0.05) is 6.54 Å². The summed E-state index contributed by atoms with van der Waals surface area (Å²) in [5.74, 6) is 1.54. The summed E-state index contributed by atoms with van der Waals surface area (Å²) in [6.45, 7) is 4.94. The Kier molecular flexibility index (Phi) is 4.42. The summed E-state index contributed by atoms with van der Waals surface area (Å²) in [5.41, 5.74) is 0.316. The summed E-state index contributed by atoms with van der Waals surface area (Å²) >= 11 is 0. The van der Waals surface area contributed by atoms with Gasteiger partial charge in [-0.3, -0.25) is 14.6 Å². The summed E-state index contributed by atoms with van der Waals surface area (Å²) in [7, 11) is 0. The van der Waals surface area contributed by atoms with Crippen LogP contribution in [-0.2, 0) is 13.1 Å². The molecule has 1 fully saturated rings. The molecule has 22 heavy (non-hydrogen) atoms. The van der Waals surface area contributed by atoms with Gasteiger partial charge in [0.25, 0.3) is 5.91 Å². The van der Waals surface area contributed by atoms with E-state index < -0.39 is 0 Å². The molecular formula is C13H20N8O. The Morgan fingerprint density at radius 3 is 3.18 bits per heavy atom. The quantitative estimate of drug-likeness (QED) is 0.695. The fourth-order valence-electron chi connectivity index (χ4n) is 2.55. The number of aromatic nitrogens is 6. The molecule has 2 aromatic rings. The van der Waals surface area contributed by atoms with Crippen LogP contribution in [0.15, 0.2) is 6.20 Å². The average Bonchev–Trinajstić information content (AvgIpc) is 3.15. The van der Waals surface area contributed by atoms with Crippen LogP contribution in [0, 0.1) is 12.8 Å². The van der Waals surface area contributed by atoms with Crippen molar-refractivity contribution >= 4 is 5.91 Å². The number of amides is 1. The van der Waals surface area contributed by atoms with Crippen molar-refractivity contribution in [3.05, 3.63) is 23.5 Å². The number of nitrogens with zero attached hydrogens (tertiary/aromatic N) is 5. The third-order valence-corrected chi connectivity index (χ3v) is 3.67. The van der Waals surface area contributed by atoms with Crippen molar-refractivity contribution < 1.29 is 4.79 Å². The molecular weight excluding hydrogens is 284 g/mol. The first kappa shape index (κ1) is 14.6. The van der Waals surface area contributed by atoms with Crippen LogP contribution in [0.2, 0.25) is 0 Å². The largest absolute Gasteiger partial charge is 0.343 e. The van der Waals surface area contributed by atoms with E-state index in [4.69, 9.17) is 0 Å². The van der Waals surface area contributed by atoms with Crippen LogP contribution in [0.4, 0.5) is 0 Å². The molecule has 3 heterocycles. The highest BCUT2D eigenvalue weighted by molar-refractivity contribution is 5.91. The molecule has 3 N–H and O–H groups in total. The SMILES string of the molecule is Cc1nc(CNC(=O)c2cn(CC3CCCNC3)nn2)n[nH]1. The second kappa shape index (κ2) is 6.65. The van der Waals surface area contributed by atoms with Crippen LogP contribution in [0.5, 0.6) is 0 Å². The van der Waals surface area contributed by atoms with Gasteiger partial charge in [0.05, 0.1) is 12.7 Å². The van der Waals surface area contributed by atoms with E-state index in [1.165, 1.54) is 12.8 Å². The lowest BCUT2D eigenvalue weighted by atomic mass is 10.00. The molecule has 1 aliphatic rings. The molecule has 118 valence electrons. The van der Waals surface area contributed by atoms with Gasteiger partial charge in [0.1, 0.15) is 5.82 Å². The van der Waals surface area contributed by atoms with Gasteiger partial charge in [0.2, 0.25) is 0 Å². The number of nitrogens with one attached hydrogen (secondary N) is 3. The Labute approximate surface area is 127 Å². The van der Waals surface area contributed by atoms with E-state index in [1.807, 2.05) is 6.92 Å². The lowest BCUT2D eigenvalue weighted by molar-refractivity contribution is 0.0945. The van der Waals surface area contributed by atoms with Crippen molar-refractivity contribution in [2.24, 2.45) is 5.92 Å². The fraction of sp³-hybridized carbons (Fsp3) is 0.615.